The van der Waals surface area contributed by atoms with Gasteiger partial charge in [0.15, 0.2) is 11.6 Å². The molecule has 0 aliphatic carbocycles. The van der Waals surface area contributed by atoms with Crippen molar-refractivity contribution in [2.75, 3.05) is 39.9 Å². The summed E-state index contributed by atoms with van der Waals surface area (Å²) in [5.41, 5.74) is 1.12. The predicted octanol–water partition coefficient (Wildman–Crippen LogP) is 1.46. The van der Waals surface area contributed by atoms with Gasteiger partial charge < -0.3 is 14.1 Å². The summed E-state index contributed by atoms with van der Waals surface area (Å²) in [7, 11) is 1.66. The molecule has 2 aromatic heterocycles. The fourth-order valence-corrected chi connectivity index (χ4v) is 3.64. The minimum Gasteiger partial charge on any atom is -0.459 e. The zero-order chi connectivity index (χ0) is 20.1. The van der Waals surface area contributed by atoms with E-state index in [9.17, 15) is 4.79 Å². The molecule has 3 heterocycles. The van der Waals surface area contributed by atoms with Crippen LogP contribution in [0.3, 0.4) is 0 Å². The van der Waals surface area contributed by atoms with Gasteiger partial charge in [-0.05, 0) is 28.1 Å². The fourth-order valence-electron chi connectivity index (χ4n) is 3.64. The number of rotatable bonds is 7. The van der Waals surface area contributed by atoms with Crippen LogP contribution in [-0.4, -0.2) is 75.8 Å². The van der Waals surface area contributed by atoms with E-state index in [0.717, 1.165) is 11.4 Å². The lowest BCUT2D eigenvalue weighted by atomic mass is 10.0. The van der Waals surface area contributed by atoms with Crippen LogP contribution in [0, 0.1) is 0 Å². The Kier molecular flexibility index (Phi) is 5.97. The Morgan fingerprint density at radius 3 is 2.62 bits per heavy atom. The fraction of sp³-hybridized carbons (Fsp3) is 0.400. The van der Waals surface area contributed by atoms with Crippen molar-refractivity contribution in [1.82, 2.24) is 30.0 Å². The second-order valence-corrected chi connectivity index (χ2v) is 6.87. The first-order chi connectivity index (χ1) is 14.3. The average molecular weight is 396 g/mol. The molecule has 1 amide bonds. The van der Waals surface area contributed by atoms with Gasteiger partial charge in [-0.2, -0.15) is 0 Å². The van der Waals surface area contributed by atoms with Gasteiger partial charge >= 0.3 is 0 Å². The predicted molar refractivity (Wildman–Crippen MR) is 104 cm³/mol. The number of carbonyl (C=O) groups is 1. The Morgan fingerprint density at radius 1 is 1.14 bits per heavy atom. The largest absolute Gasteiger partial charge is 0.459 e. The standard InChI is InChI=1S/C20H24N6O3/c1-28-15-13-26-19(21-22-23-26)18(16-6-3-2-4-7-16)24-9-11-25(12-10-24)20(27)17-8-5-14-29-17/h2-8,14,18H,9-13,15H2,1H3/t18-/m0/s1. The molecule has 0 radical (unpaired) electrons. The Balaban J connectivity index is 1.54. The van der Waals surface area contributed by atoms with Crippen LogP contribution in [0.1, 0.15) is 28.0 Å². The molecule has 3 aromatic rings. The lowest BCUT2D eigenvalue weighted by molar-refractivity contribution is 0.0558. The van der Waals surface area contributed by atoms with E-state index in [2.05, 4.69) is 32.6 Å². The maximum atomic E-state index is 12.6. The molecular weight excluding hydrogens is 372 g/mol. The van der Waals surface area contributed by atoms with Gasteiger partial charge in [-0.1, -0.05) is 30.3 Å². The summed E-state index contributed by atoms with van der Waals surface area (Å²) in [5, 5.41) is 12.4. The highest BCUT2D eigenvalue weighted by Gasteiger charge is 2.32. The van der Waals surface area contributed by atoms with Gasteiger partial charge in [-0.3, -0.25) is 9.69 Å². The van der Waals surface area contributed by atoms with Gasteiger partial charge in [-0.25, -0.2) is 4.68 Å². The van der Waals surface area contributed by atoms with Crippen molar-refractivity contribution in [2.24, 2.45) is 0 Å². The first-order valence-corrected chi connectivity index (χ1v) is 9.64. The molecule has 0 saturated carbocycles. The molecule has 1 atom stereocenters. The minimum atomic E-state index is -0.0936. The lowest BCUT2D eigenvalue weighted by Gasteiger charge is -2.38. The number of piperazine rings is 1. The van der Waals surface area contributed by atoms with Crippen LogP contribution in [-0.2, 0) is 11.3 Å². The number of aromatic nitrogens is 4. The highest BCUT2D eigenvalue weighted by atomic mass is 16.5. The average Bonchev–Trinajstić information content (AvgIpc) is 3.46. The molecule has 1 fully saturated rings. The molecule has 0 bridgehead atoms. The molecule has 1 aromatic carbocycles. The van der Waals surface area contributed by atoms with Crippen molar-refractivity contribution in [3.05, 3.63) is 65.9 Å². The van der Waals surface area contributed by atoms with Crippen LogP contribution < -0.4 is 0 Å². The van der Waals surface area contributed by atoms with Crippen molar-refractivity contribution < 1.29 is 13.9 Å². The SMILES string of the molecule is COCCn1nnnc1[C@H](c1ccccc1)N1CCN(C(=O)c2ccco2)CC1. The van der Waals surface area contributed by atoms with Crippen molar-refractivity contribution in [2.45, 2.75) is 12.6 Å². The van der Waals surface area contributed by atoms with Gasteiger partial charge in [0.25, 0.3) is 5.91 Å². The van der Waals surface area contributed by atoms with E-state index < -0.39 is 0 Å². The van der Waals surface area contributed by atoms with Crippen LogP contribution in [0.15, 0.2) is 53.1 Å². The van der Waals surface area contributed by atoms with E-state index in [1.807, 2.05) is 23.1 Å². The molecule has 29 heavy (non-hydrogen) atoms. The Labute approximate surface area is 168 Å². The Hall–Kier alpha value is -3.04. The number of methoxy groups -OCH3 is 1. The molecule has 1 aliphatic rings. The first-order valence-electron chi connectivity index (χ1n) is 9.64. The second-order valence-electron chi connectivity index (χ2n) is 6.87. The van der Waals surface area contributed by atoms with E-state index in [0.29, 0.717) is 45.1 Å². The number of ether oxygens (including phenoxy) is 1. The molecule has 1 saturated heterocycles. The highest BCUT2D eigenvalue weighted by Crippen LogP contribution is 2.28. The molecule has 152 valence electrons. The Bertz CT molecular complexity index is 903. The van der Waals surface area contributed by atoms with E-state index in [1.54, 1.807) is 23.9 Å². The van der Waals surface area contributed by atoms with E-state index in [-0.39, 0.29) is 11.9 Å². The number of hydrogen-bond donors (Lipinski definition) is 0. The van der Waals surface area contributed by atoms with Gasteiger partial charge in [0.05, 0.1) is 25.5 Å². The third-order valence-electron chi connectivity index (χ3n) is 5.13. The van der Waals surface area contributed by atoms with E-state index >= 15 is 0 Å². The second kappa shape index (κ2) is 8.97. The summed E-state index contributed by atoms with van der Waals surface area (Å²) in [6.07, 6.45) is 1.52. The third kappa shape index (κ3) is 4.20. The molecule has 1 aliphatic heterocycles. The van der Waals surface area contributed by atoms with Crippen molar-refractivity contribution in [1.29, 1.82) is 0 Å². The van der Waals surface area contributed by atoms with Crippen LogP contribution in [0.4, 0.5) is 0 Å². The maximum Gasteiger partial charge on any atom is 0.289 e. The summed E-state index contributed by atoms with van der Waals surface area (Å²) >= 11 is 0. The molecule has 0 spiro atoms. The summed E-state index contributed by atoms with van der Waals surface area (Å²) in [4.78, 5) is 16.7. The number of tetrazole rings is 1. The van der Waals surface area contributed by atoms with Gasteiger partial charge in [0.1, 0.15) is 0 Å². The lowest BCUT2D eigenvalue weighted by Crippen LogP contribution is -2.50. The van der Waals surface area contributed by atoms with Crippen LogP contribution in [0.5, 0.6) is 0 Å². The Morgan fingerprint density at radius 2 is 1.93 bits per heavy atom. The zero-order valence-corrected chi connectivity index (χ0v) is 16.3. The van der Waals surface area contributed by atoms with Crippen molar-refractivity contribution >= 4 is 5.91 Å². The molecule has 0 N–H and O–H groups in total. The number of benzene rings is 1. The monoisotopic (exact) mass is 396 g/mol. The highest BCUT2D eigenvalue weighted by molar-refractivity contribution is 5.91. The summed E-state index contributed by atoms with van der Waals surface area (Å²) in [6.45, 7) is 3.77. The van der Waals surface area contributed by atoms with Crippen LogP contribution in [0.25, 0.3) is 0 Å². The molecule has 9 heteroatoms. The van der Waals surface area contributed by atoms with Crippen molar-refractivity contribution in [3.8, 4) is 0 Å². The molecular formula is C20H24N6O3. The number of hydrogen-bond acceptors (Lipinski definition) is 7. The summed E-state index contributed by atoms with van der Waals surface area (Å²) in [6, 6.07) is 13.5. The maximum absolute atomic E-state index is 12.6. The first kappa shape index (κ1) is 19.3. The zero-order valence-electron chi connectivity index (χ0n) is 16.3. The van der Waals surface area contributed by atoms with Gasteiger partial charge in [-0.15, -0.1) is 5.10 Å². The smallest absolute Gasteiger partial charge is 0.289 e. The number of amides is 1. The van der Waals surface area contributed by atoms with Crippen molar-refractivity contribution in [3.63, 3.8) is 0 Å². The van der Waals surface area contributed by atoms with Gasteiger partial charge in [0, 0.05) is 33.3 Å². The summed E-state index contributed by atoms with van der Waals surface area (Å²) < 4.78 is 12.2. The minimum absolute atomic E-state index is 0.0733. The van der Waals surface area contributed by atoms with Crippen LogP contribution in [0.2, 0.25) is 0 Å². The van der Waals surface area contributed by atoms with Crippen LogP contribution >= 0.6 is 0 Å². The molecule has 9 nitrogen and oxygen atoms in total. The van der Waals surface area contributed by atoms with E-state index in [4.69, 9.17) is 9.15 Å². The third-order valence-corrected chi connectivity index (χ3v) is 5.13. The number of furan rings is 1. The summed E-state index contributed by atoms with van der Waals surface area (Å²) in [5.74, 6) is 1.08. The molecule has 4 rings (SSSR count). The number of nitrogens with zero attached hydrogens (tertiary/aromatic N) is 6. The topological polar surface area (TPSA) is 89.5 Å². The van der Waals surface area contributed by atoms with Gasteiger partial charge in [0.2, 0.25) is 0 Å². The van der Waals surface area contributed by atoms with E-state index in [1.165, 1.54) is 6.26 Å². The quantitative estimate of drug-likeness (QED) is 0.597. The number of carbonyl (C=O) groups excluding carboxylic acids is 1. The normalized spacial score (nSPS) is 16.1. The molecule has 0 unspecified atom stereocenters.